The SMILES string of the molecule is CCCCCN(CCCCC)CC(C)NC(=O)c1[nH]nc(OC)c1[N+](=O)[O-]. The molecule has 0 aliphatic heterocycles. The van der Waals surface area contributed by atoms with Gasteiger partial charge in [-0.05, 0) is 32.9 Å². The summed E-state index contributed by atoms with van der Waals surface area (Å²) in [5.41, 5.74) is -0.628. The van der Waals surface area contributed by atoms with Crippen LogP contribution in [0.3, 0.4) is 0 Å². The van der Waals surface area contributed by atoms with Gasteiger partial charge >= 0.3 is 11.6 Å². The lowest BCUT2D eigenvalue weighted by Crippen LogP contribution is -2.43. The van der Waals surface area contributed by atoms with Crippen LogP contribution >= 0.6 is 0 Å². The van der Waals surface area contributed by atoms with Crippen LogP contribution in [0.1, 0.15) is 69.8 Å². The summed E-state index contributed by atoms with van der Waals surface area (Å²) in [5, 5.41) is 20.1. The summed E-state index contributed by atoms with van der Waals surface area (Å²) >= 11 is 0. The van der Waals surface area contributed by atoms with E-state index in [2.05, 4.69) is 34.3 Å². The largest absolute Gasteiger partial charge is 0.475 e. The normalized spacial score (nSPS) is 12.2. The number of hydrogen-bond acceptors (Lipinski definition) is 6. The second-order valence-electron chi connectivity index (χ2n) is 6.80. The molecular weight excluding hydrogens is 350 g/mol. The van der Waals surface area contributed by atoms with Crippen molar-refractivity contribution in [2.45, 2.75) is 65.3 Å². The van der Waals surface area contributed by atoms with E-state index in [1.165, 1.54) is 32.8 Å². The molecule has 1 unspecified atom stereocenters. The van der Waals surface area contributed by atoms with Gasteiger partial charge in [-0.3, -0.25) is 20.0 Å². The molecule has 0 saturated heterocycles. The molecule has 0 fully saturated rings. The van der Waals surface area contributed by atoms with Crippen molar-refractivity contribution < 1.29 is 14.5 Å². The minimum atomic E-state index is -0.663. The first kappa shape index (κ1) is 22.9. The van der Waals surface area contributed by atoms with Crippen LogP contribution in [0.4, 0.5) is 5.69 Å². The smallest absolute Gasteiger partial charge is 0.362 e. The number of unbranched alkanes of at least 4 members (excludes halogenated alkanes) is 4. The van der Waals surface area contributed by atoms with Crippen LogP contribution < -0.4 is 10.1 Å². The molecule has 0 aromatic carbocycles. The predicted octanol–water partition coefficient (Wildman–Crippen LogP) is 3.13. The van der Waals surface area contributed by atoms with E-state index in [-0.39, 0.29) is 17.6 Å². The number of carbonyl (C=O) groups is 1. The van der Waals surface area contributed by atoms with E-state index in [1.54, 1.807) is 0 Å². The first-order valence-corrected chi connectivity index (χ1v) is 9.74. The van der Waals surface area contributed by atoms with Crippen LogP contribution in [0, 0.1) is 10.1 Å². The number of methoxy groups -OCH3 is 1. The van der Waals surface area contributed by atoms with Gasteiger partial charge in [0.05, 0.1) is 12.0 Å². The van der Waals surface area contributed by atoms with Gasteiger partial charge in [-0.2, -0.15) is 0 Å². The Balaban J connectivity index is 2.68. The van der Waals surface area contributed by atoms with Gasteiger partial charge in [-0.25, -0.2) is 0 Å². The lowest BCUT2D eigenvalue weighted by molar-refractivity contribution is -0.386. The highest BCUT2D eigenvalue weighted by molar-refractivity contribution is 5.97. The van der Waals surface area contributed by atoms with E-state index >= 15 is 0 Å². The molecule has 154 valence electrons. The lowest BCUT2D eigenvalue weighted by atomic mass is 10.2. The third-order valence-corrected chi connectivity index (χ3v) is 4.38. The standard InChI is InChI=1S/C18H33N5O4/c1-5-7-9-11-22(12-10-8-6-2)13-14(3)19-17(24)15-16(23(25)26)18(27-4)21-20-15/h14H,5-13H2,1-4H3,(H,19,24)(H,20,21). The molecule has 9 nitrogen and oxygen atoms in total. The summed E-state index contributed by atoms with van der Waals surface area (Å²) < 4.78 is 4.84. The minimum Gasteiger partial charge on any atom is -0.475 e. The summed E-state index contributed by atoms with van der Waals surface area (Å²) in [6.45, 7) is 8.96. The maximum atomic E-state index is 12.5. The van der Waals surface area contributed by atoms with Crippen LogP contribution in [0.15, 0.2) is 0 Å². The Kier molecular flexibility index (Phi) is 10.4. The molecule has 0 aliphatic carbocycles. The number of ether oxygens (including phenoxy) is 1. The lowest BCUT2D eigenvalue weighted by Gasteiger charge is -2.26. The molecule has 0 bridgehead atoms. The van der Waals surface area contributed by atoms with E-state index in [4.69, 9.17) is 4.74 Å². The van der Waals surface area contributed by atoms with Crippen molar-refractivity contribution in [1.82, 2.24) is 20.4 Å². The maximum Gasteiger partial charge on any atom is 0.362 e. The fourth-order valence-corrected chi connectivity index (χ4v) is 2.98. The predicted molar refractivity (Wildman–Crippen MR) is 104 cm³/mol. The fourth-order valence-electron chi connectivity index (χ4n) is 2.98. The van der Waals surface area contributed by atoms with Crippen LogP contribution in [-0.2, 0) is 0 Å². The molecule has 1 heterocycles. The van der Waals surface area contributed by atoms with Crippen molar-refractivity contribution in [2.75, 3.05) is 26.7 Å². The first-order valence-electron chi connectivity index (χ1n) is 9.74. The van der Waals surface area contributed by atoms with Crippen molar-refractivity contribution >= 4 is 11.6 Å². The molecule has 0 spiro atoms. The molecule has 27 heavy (non-hydrogen) atoms. The molecule has 0 radical (unpaired) electrons. The van der Waals surface area contributed by atoms with Crippen LogP contribution in [0.25, 0.3) is 0 Å². The van der Waals surface area contributed by atoms with Crippen LogP contribution in [-0.4, -0.2) is 58.7 Å². The van der Waals surface area contributed by atoms with Gasteiger partial charge in [0, 0.05) is 12.6 Å². The fraction of sp³-hybridized carbons (Fsp3) is 0.778. The van der Waals surface area contributed by atoms with Crippen molar-refractivity contribution in [2.24, 2.45) is 0 Å². The summed E-state index contributed by atoms with van der Waals surface area (Å²) in [4.78, 5) is 25.3. The number of H-pyrrole nitrogens is 1. The number of carbonyl (C=O) groups excluding carboxylic acids is 1. The van der Waals surface area contributed by atoms with E-state index < -0.39 is 16.5 Å². The maximum absolute atomic E-state index is 12.5. The van der Waals surface area contributed by atoms with Crippen molar-refractivity contribution in [3.05, 3.63) is 15.8 Å². The highest BCUT2D eigenvalue weighted by Gasteiger charge is 2.30. The first-order chi connectivity index (χ1) is 12.9. The van der Waals surface area contributed by atoms with Gasteiger partial charge in [0.25, 0.3) is 5.91 Å². The van der Waals surface area contributed by atoms with E-state index in [1.807, 2.05) is 6.92 Å². The number of nitrogens with zero attached hydrogens (tertiary/aromatic N) is 3. The monoisotopic (exact) mass is 383 g/mol. The number of nitro groups is 1. The Morgan fingerprint density at radius 1 is 1.26 bits per heavy atom. The number of nitrogens with one attached hydrogen (secondary N) is 2. The molecule has 1 rings (SSSR count). The van der Waals surface area contributed by atoms with E-state index in [0.29, 0.717) is 6.54 Å². The number of rotatable bonds is 14. The van der Waals surface area contributed by atoms with E-state index in [0.717, 1.165) is 25.9 Å². The topological polar surface area (TPSA) is 113 Å². The molecule has 9 heteroatoms. The Morgan fingerprint density at radius 3 is 2.33 bits per heavy atom. The highest BCUT2D eigenvalue weighted by atomic mass is 16.6. The Hall–Kier alpha value is -2.16. The van der Waals surface area contributed by atoms with Crippen LogP contribution in [0.2, 0.25) is 0 Å². The Labute approximate surface area is 161 Å². The van der Waals surface area contributed by atoms with Crippen LogP contribution in [0.5, 0.6) is 5.88 Å². The molecular formula is C18H33N5O4. The van der Waals surface area contributed by atoms with Crippen molar-refractivity contribution in [3.63, 3.8) is 0 Å². The second kappa shape index (κ2) is 12.3. The minimum absolute atomic E-state index is 0.144. The zero-order valence-electron chi connectivity index (χ0n) is 16.9. The van der Waals surface area contributed by atoms with Crippen molar-refractivity contribution in [1.29, 1.82) is 0 Å². The van der Waals surface area contributed by atoms with Gasteiger partial charge in [-0.15, -0.1) is 5.10 Å². The summed E-state index contributed by atoms with van der Waals surface area (Å²) in [6.07, 6.45) is 6.97. The molecule has 2 N–H and O–H groups in total. The molecule has 1 aromatic heterocycles. The third-order valence-electron chi connectivity index (χ3n) is 4.38. The summed E-state index contributed by atoms with van der Waals surface area (Å²) in [5.74, 6) is -0.745. The van der Waals surface area contributed by atoms with Gasteiger partial charge in [0.2, 0.25) is 5.69 Å². The quantitative estimate of drug-likeness (QED) is 0.290. The third kappa shape index (κ3) is 7.54. The highest BCUT2D eigenvalue weighted by Crippen LogP contribution is 2.27. The van der Waals surface area contributed by atoms with E-state index in [9.17, 15) is 14.9 Å². The number of aromatic amines is 1. The number of hydrogen-bond donors (Lipinski definition) is 2. The second-order valence-corrected chi connectivity index (χ2v) is 6.80. The average molecular weight is 383 g/mol. The summed E-state index contributed by atoms with van der Waals surface area (Å²) in [7, 11) is 1.28. The molecule has 1 atom stereocenters. The molecule has 0 saturated carbocycles. The number of aromatic nitrogens is 2. The van der Waals surface area contributed by atoms with Gasteiger partial charge in [-0.1, -0.05) is 39.5 Å². The number of amides is 1. The zero-order valence-corrected chi connectivity index (χ0v) is 16.9. The Morgan fingerprint density at radius 2 is 1.85 bits per heavy atom. The van der Waals surface area contributed by atoms with Gasteiger partial charge < -0.3 is 15.0 Å². The Bertz CT molecular complexity index is 580. The zero-order chi connectivity index (χ0) is 20.2. The summed E-state index contributed by atoms with van der Waals surface area (Å²) in [6, 6.07) is -0.144. The van der Waals surface area contributed by atoms with Gasteiger partial charge in [0.1, 0.15) is 0 Å². The van der Waals surface area contributed by atoms with Crippen molar-refractivity contribution in [3.8, 4) is 5.88 Å². The molecule has 0 aliphatic rings. The average Bonchev–Trinajstić information content (AvgIpc) is 3.06. The molecule has 1 amide bonds. The molecule has 1 aromatic rings. The van der Waals surface area contributed by atoms with Gasteiger partial charge in [0.15, 0.2) is 0 Å².